The van der Waals surface area contributed by atoms with Gasteiger partial charge in [-0.1, -0.05) is 30.7 Å². The summed E-state index contributed by atoms with van der Waals surface area (Å²) in [7, 11) is 3.85. The summed E-state index contributed by atoms with van der Waals surface area (Å²) < 4.78 is 0. The summed E-state index contributed by atoms with van der Waals surface area (Å²) >= 11 is 0. The number of benzene rings is 1. The van der Waals surface area contributed by atoms with E-state index >= 15 is 0 Å². The van der Waals surface area contributed by atoms with Gasteiger partial charge in [0.1, 0.15) is 0 Å². The first-order valence-electron chi connectivity index (χ1n) is 11.2. The maximum Gasteiger partial charge on any atom is 0.240 e. The highest BCUT2D eigenvalue weighted by Gasteiger charge is 2.55. The minimum Gasteiger partial charge on any atom is -0.339 e. The van der Waals surface area contributed by atoms with Crippen molar-refractivity contribution in [2.45, 2.75) is 56.9 Å². The van der Waals surface area contributed by atoms with Crippen LogP contribution in [0.3, 0.4) is 0 Å². The molecule has 1 aromatic rings. The third-order valence-electron chi connectivity index (χ3n) is 7.26. The molecule has 3 fully saturated rings. The average molecular weight is 412 g/mol. The van der Waals surface area contributed by atoms with Gasteiger partial charge in [0, 0.05) is 38.5 Å². The highest BCUT2D eigenvalue weighted by atomic mass is 16.2. The van der Waals surface area contributed by atoms with Crippen molar-refractivity contribution in [2.24, 2.45) is 5.92 Å². The fourth-order valence-electron chi connectivity index (χ4n) is 5.68. The molecule has 6 nitrogen and oxygen atoms in total. The van der Waals surface area contributed by atoms with Crippen molar-refractivity contribution >= 4 is 17.7 Å². The molecule has 1 aromatic carbocycles. The molecular formula is C24H33N3O3. The average Bonchev–Trinajstić information content (AvgIpc) is 3.13. The molecule has 2 bridgehead atoms. The fourth-order valence-corrected chi connectivity index (χ4v) is 5.68. The van der Waals surface area contributed by atoms with Gasteiger partial charge < -0.3 is 9.80 Å². The number of rotatable bonds is 6. The number of likely N-dealkylation sites (tertiary alicyclic amines) is 2. The molecule has 1 saturated carbocycles. The molecule has 162 valence electrons. The van der Waals surface area contributed by atoms with E-state index in [1.54, 1.807) is 0 Å². The smallest absolute Gasteiger partial charge is 0.240 e. The highest BCUT2D eigenvalue weighted by Crippen LogP contribution is 2.43. The third-order valence-corrected chi connectivity index (χ3v) is 7.26. The molecule has 2 saturated heterocycles. The van der Waals surface area contributed by atoms with Crippen molar-refractivity contribution in [3.05, 3.63) is 35.4 Å². The Morgan fingerprint density at radius 1 is 1.20 bits per heavy atom. The Labute approximate surface area is 179 Å². The summed E-state index contributed by atoms with van der Waals surface area (Å²) in [5, 5.41) is 0. The Balaban J connectivity index is 1.66. The number of hydrogen-bond acceptors (Lipinski definition) is 4. The molecule has 30 heavy (non-hydrogen) atoms. The summed E-state index contributed by atoms with van der Waals surface area (Å²) in [5.74, 6) is 0.250. The maximum absolute atomic E-state index is 13.7. The molecule has 2 aliphatic heterocycles. The van der Waals surface area contributed by atoms with Crippen LogP contribution in [0.2, 0.25) is 0 Å². The van der Waals surface area contributed by atoms with Gasteiger partial charge in [0.15, 0.2) is 0 Å². The number of imide groups is 1. The van der Waals surface area contributed by atoms with Crippen molar-refractivity contribution in [1.82, 2.24) is 14.7 Å². The lowest BCUT2D eigenvalue weighted by molar-refractivity contribution is -0.143. The monoisotopic (exact) mass is 411 g/mol. The summed E-state index contributed by atoms with van der Waals surface area (Å²) in [4.78, 5) is 45.5. The van der Waals surface area contributed by atoms with Crippen molar-refractivity contribution < 1.29 is 14.4 Å². The van der Waals surface area contributed by atoms with E-state index in [-0.39, 0.29) is 30.6 Å². The summed E-state index contributed by atoms with van der Waals surface area (Å²) in [6.07, 6.45) is 4.69. The van der Waals surface area contributed by atoms with Gasteiger partial charge in [0.25, 0.3) is 0 Å². The van der Waals surface area contributed by atoms with Crippen LogP contribution in [-0.4, -0.2) is 72.2 Å². The van der Waals surface area contributed by atoms with E-state index in [0.717, 1.165) is 30.5 Å². The van der Waals surface area contributed by atoms with Crippen molar-refractivity contribution in [3.8, 4) is 0 Å². The first-order chi connectivity index (χ1) is 14.3. The van der Waals surface area contributed by atoms with Crippen molar-refractivity contribution in [3.63, 3.8) is 0 Å². The van der Waals surface area contributed by atoms with Crippen LogP contribution >= 0.6 is 0 Å². The zero-order valence-electron chi connectivity index (χ0n) is 18.4. The Bertz CT molecular complexity index is 852. The molecule has 2 heterocycles. The third kappa shape index (κ3) is 3.66. The number of nitrogens with zero attached hydrogens (tertiary/aromatic N) is 3. The molecule has 3 atom stereocenters. The molecule has 3 aliphatic rings. The minimum absolute atomic E-state index is 0.0308. The summed E-state index contributed by atoms with van der Waals surface area (Å²) in [6, 6.07) is 8.03. The number of carbonyl (C=O) groups excluding carboxylic acids is 3. The van der Waals surface area contributed by atoms with E-state index < -0.39 is 5.41 Å². The maximum atomic E-state index is 13.7. The van der Waals surface area contributed by atoms with Gasteiger partial charge in [-0.05, 0) is 57.3 Å². The number of carbonyl (C=O) groups is 3. The summed E-state index contributed by atoms with van der Waals surface area (Å²) in [5.41, 5.74) is 0.704. The van der Waals surface area contributed by atoms with E-state index in [0.29, 0.717) is 25.0 Å². The Morgan fingerprint density at radius 2 is 1.97 bits per heavy atom. The predicted octanol–water partition coefficient (Wildman–Crippen LogP) is 2.34. The van der Waals surface area contributed by atoms with Gasteiger partial charge >= 0.3 is 0 Å². The topological polar surface area (TPSA) is 60.9 Å². The Hall–Kier alpha value is -2.21. The van der Waals surface area contributed by atoms with Crippen molar-refractivity contribution in [2.75, 3.05) is 33.7 Å². The van der Waals surface area contributed by atoms with Gasteiger partial charge in [-0.25, -0.2) is 0 Å². The quantitative estimate of drug-likeness (QED) is 0.674. The second-order valence-corrected chi connectivity index (χ2v) is 9.64. The molecular weight excluding hydrogens is 378 g/mol. The minimum atomic E-state index is -1.08. The summed E-state index contributed by atoms with van der Waals surface area (Å²) in [6.45, 7) is 3.75. The second-order valence-electron chi connectivity index (χ2n) is 9.64. The van der Waals surface area contributed by atoms with Crippen LogP contribution in [0.1, 0.15) is 49.7 Å². The molecule has 4 rings (SSSR count). The normalized spacial score (nSPS) is 28.7. The van der Waals surface area contributed by atoms with E-state index in [1.165, 1.54) is 17.7 Å². The van der Waals surface area contributed by atoms with Crippen LogP contribution in [0.4, 0.5) is 0 Å². The molecule has 1 aliphatic carbocycles. The number of fused-ring (bicyclic) bond motifs is 2. The molecule has 0 spiro atoms. The molecule has 6 heteroatoms. The highest BCUT2D eigenvalue weighted by molar-refractivity contribution is 6.11. The molecule has 0 radical (unpaired) electrons. The lowest BCUT2D eigenvalue weighted by Gasteiger charge is -2.32. The van der Waals surface area contributed by atoms with Gasteiger partial charge in [-0.15, -0.1) is 0 Å². The molecule has 0 unspecified atom stereocenters. The van der Waals surface area contributed by atoms with Crippen LogP contribution in [0.5, 0.6) is 0 Å². The zero-order chi connectivity index (χ0) is 21.5. The Kier molecular flexibility index (Phi) is 5.71. The number of amides is 3. The van der Waals surface area contributed by atoms with Crippen LogP contribution < -0.4 is 0 Å². The van der Waals surface area contributed by atoms with E-state index in [2.05, 4.69) is 0 Å². The largest absolute Gasteiger partial charge is 0.339 e. The van der Waals surface area contributed by atoms with Gasteiger partial charge in [0.05, 0.1) is 5.41 Å². The molecule has 0 N–H and O–H groups in total. The first kappa shape index (κ1) is 21.0. The van der Waals surface area contributed by atoms with Gasteiger partial charge in [-0.3, -0.25) is 19.3 Å². The first-order valence-corrected chi connectivity index (χ1v) is 11.2. The van der Waals surface area contributed by atoms with Crippen LogP contribution in [0.25, 0.3) is 0 Å². The number of likely N-dealkylation sites (N-methyl/N-ethyl adjacent to an activating group) is 1. The van der Waals surface area contributed by atoms with E-state index in [1.807, 2.05) is 55.1 Å². The number of hydrogen-bond donors (Lipinski definition) is 0. The lowest BCUT2D eigenvalue weighted by atomic mass is 9.74. The second kappa shape index (κ2) is 8.14. The van der Waals surface area contributed by atoms with Crippen molar-refractivity contribution in [1.29, 1.82) is 0 Å². The van der Waals surface area contributed by atoms with Crippen LogP contribution in [0.15, 0.2) is 24.3 Å². The SMILES string of the molecule is Cc1ccccc1[C@@]1(CC(=O)N2C[C@H]3CCC[C@H]2C3)CC(=O)N(CCN(C)C)C1=O. The predicted molar refractivity (Wildman–Crippen MR) is 115 cm³/mol. The van der Waals surface area contributed by atoms with Crippen LogP contribution in [-0.2, 0) is 19.8 Å². The van der Waals surface area contributed by atoms with Gasteiger partial charge in [-0.2, -0.15) is 0 Å². The Morgan fingerprint density at radius 3 is 2.67 bits per heavy atom. The van der Waals surface area contributed by atoms with Crippen LogP contribution in [0, 0.1) is 12.8 Å². The van der Waals surface area contributed by atoms with E-state index in [4.69, 9.17) is 0 Å². The standard InChI is InChI=1S/C24H33N3O3/c1-17-7-4-5-10-20(17)24(14-21(28)26(23(24)30)12-11-25(2)3)15-22(29)27-16-18-8-6-9-19(27)13-18/h4-5,7,10,18-19H,6,8-9,11-16H2,1-3H3/t18-,19-,24-/m0/s1. The van der Waals surface area contributed by atoms with Gasteiger partial charge in [0.2, 0.25) is 17.7 Å². The molecule has 0 aromatic heterocycles. The zero-order valence-corrected chi connectivity index (χ0v) is 18.4. The fraction of sp³-hybridized carbons (Fsp3) is 0.625. The lowest BCUT2D eigenvalue weighted by Crippen LogP contribution is -2.45. The van der Waals surface area contributed by atoms with E-state index in [9.17, 15) is 14.4 Å². The molecule has 3 amide bonds. The number of aryl methyl sites for hydroxylation is 1.